The molecular weight excluding hydrogens is 252 g/mol. The summed E-state index contributed by atoms with van der Waals surface area (Å²) in [4.78, 5) is 10.4. The largest absolute Gasteiger partial charge is 0.381 e. The second kappa shape index (κ2) is 5.00. The van der Waals surface area contributed by atoms with Crippen molar-refractivity contribution >= 4 is 5.82 Å². The number of piperidine rings is 1. The van der Waals surface area contributed by atoms with Crippen molar-refractivity contribution in [2.45, 2.75) is 31.1 Å². The number of hydrogen-bond acceptors (Lipinski definition) is 4. The molecule has 0 unspecified atom stereocenters. The van der Waals surface area contributed by atoms with Crippen LogP contribution in [-0.2, 0) is 4.74 Å². The predicted octanol–water partition coefficient (Wildman–Crippen LogP) is 2.22. The van der Waals surface area contributed by atoms with Crippen LogP contribution >= 0.6 is 0 Å². The van der Waals surface area contributed by atoms with E-state index in [0.717, 1.165) is 24.5 Å². The van der Waals surface area contributed by atoms with Crippen molar-refractivity contribution in [3.8, 4) is 0 Å². The fraction of sp³-hybridized carbons (Fsp3) is 0.692. The first-order valence-electron chi connectivity index (χ1n) is 6.66. The van der Waals surface area contributed by atoms with Gasteiger partial charge in [-0.1, -0.05) is 0 Å². The summed E-state index contributed by atoms with van der Waals surface area (Å²) in [6.07, 6.45) is 2.29. The fourth-order valence-electron chi connectivity index (χ4n) is 2.59. The molecule has 0 saturated carbocycles. The first kappa shape index (κ1) is 12.7. The van der Waals surface area contributed by atoms with E-state index in [1.165, 1.54) is 6.33 Å². The van der Waals surface area contributed by atoms with Gasteiger partial charge in [-0.15, -0.1) is 0 Å². The Morgan fingerprint density at radius 1 is 1.26 bits per heavy atom. The number of ether oxygens (including phenoxy) is 1. The van der Waals surface area contributed by atoms with Crippen LogP contribution in [0.15, 0.2) is 12.4 Å². The summed E-state index contributed by atoms with van der Waals surface area (Å²) in [5, 5.41) is 0. The third-order valence-corrected chi connectivity index (χ3v) is 3.84. The van der Waals surface area contributed by atoms with E-state index >= 15 is 0 Å². The molecule has 19 heavy (non-hydrogen) atoms. The molecule has 1 aromatic rings. The van der Waals surface area contributed by atoms with Crippen LogP contribution in [0, 0.1) is 0 Å². The van der Waals surface area contributed by atoms with E-state index in [1.54, 1.807) is 0 Å². The maximum absolute atomic E-state index is 13.1. The second-order valence-corrected chi connectivity index (χ2v) is 5.20. The van der Waals surface area contributed by atoms with Crippen molar-refractivity contribution in [1.29, 1.82) is 0 Å². The quantitative estimate of drug-likeness (QED) is 0.825. The van der Waals surface area contributed by atoms with E-state index in [4.69, 9.17) is 4.74 Å². The third-order valence-electron chi connectivity index (χ3n) is 3.84. The van der Waals surface area contributed by atoms with Crippen LogP contribution in [0.1, 0.15) is 30.9 Å². The molecular formula is C13H17F2N3O. The molecule has 0 radical (unpaired) electrons. The van der Waals surface area contributed by atoms with Crippen LogP contribution in [0.25, 0.3) is 0 Å². The predicted molar refractivity (Wildman–Crippen MR) is 66.6 cm³/mol. The molecule has 2 fully saturated rings. The lowest BCUT2D eigenvalue weighted by atomic mass is 10.0. The van der Waals surface area contributed by atoms with Gasteiger partial charge >= 0.3 is 0 Å². The van der Waals surface area contributed by atoms with E-state index in [0.29, 0.717) is 25.6 Å². The lowest BCUT2D eigenvalue weighted by molar-refractivity contribution is -0.0221. The molecule has 104 valence electrons. The molecule has 2 saturated heterocycles. The highest BCUT2D eigenvalue weighted by Crippen LogP contribution is 2.31. The summed E-state index contributed by atoms with van der Waals surface area (Å²) < 4.78 is 31.6. The normalized spacial score (nSPS) is 26.6. The Labute approximate surface area is 110 Å². The van der Waals surface area contributed by atoms with Gasteiger partial charge in [-0.05, 0) is 6.42 Å². The van der Waals surface area contributed by atoms with Gasteiger partial charge in [0.05, 0.1) is 12.3 Å². The topological polar surface area (TPSA) is 38.2 Å². The lowest BCUT2D eigenvalue weighted by Gasteiger charge is -2.32. The second-order valence-electron chi connectivity index (χ2n) is 5.20. The molecule has 0 aromatic carbocycles. The summed E-state index contributed by atoms with van der Waals surface area (Å²) in [6.45, 7) is 2.16. The molecule has 0 aliphatic carbocycles. The van der Waals surface area contributed by atoms with Crippen LogP contribution in [0.2, 0.25) is 0 Å². The van der Waals surface area contributed by atoms with Crippen molar-refractivity contribution in [3.63, 3.8) is 0 Å². The smallest absolute Gasteiger partial charge is 0.251 e. The number of rotatable bonds is 2. The molecule has 1 aromatic heterocycles. The Hall–Kier alpha value is -1.30. The maximum Gasteiger partial charge on any atom is 0.251 e. The van der Waals surface area contributed by atoms with E-state index in [9.17, 15) is 8.78 Å². The molecule has 0 N–H and O–H groups in total. The SMILES string of the molecule is FC1(F)CCN(c2cc([C@@H]3CCOC3)ncn2)CC1. The Bertz CT molecular complexity index is 439. The lowest BCUT2D eigenvalue weighted by Crippen LogP contribution is -2.39. The summed E-state index contributed by atoms with van der Waals surface area (Å²) in [5.41, 5.74) is 0.958. The van der Waals surface area contributed by atoms with Gasteiger partial charge in [0.25, 0.3) is 5.92 Å². The van der Waals surface area contributed by atoms with Crippen molar-refractivity contribution in [1.82, 2.24) is 9.97 Å². The van der Waals surface area contributed by atoms with Crippen molar-refractivity contribution < 1.29 is 13.5 Å². The first-order valence-corrected chi connectivity index (χ1v) is 6.66. The summed E-state index contributed by atoms with van der Waals surface area (Å²) in [5.74, 6) is -1.45. The summed E-state index contributed by atoms with van der Waals surface area (Å²) in [7, 11) is 0. The molecule has 4 nitrogen and oxygen atoms in total. The standard InChI is InChI=1S/C13H17F2N3O/c14-13(15)2-4-18(5-3-13)12-7-11(16-9-17-12)10-1-6-19-8-10/h7,9-10H,1-6,8H2/t10-/m1/s1. The highest BCUT2D eigenvalue weighted by molar-refractivity contribution is 5.40. The highest BCUT2D eigenvalue weighted by Gasteiger charge is 2.34. The highest BCUT2D eigenvalue weighted by atomic mass is 19.3. The Balaban J connectivity index is 1.72. The Morgan fingerprint density at radius 2 is 2.05 bits per heavy atom. The van der Waals surface area contributed by atoms with Gasteiger partial charge in [0.15, 0.2) is 0 Å². The van der Waals surface area contributed by atoms with E-state index in [2.05, 4.69) is 9.97 Å². The summed E-state index contributed by atoms with van der Waals surface area (Å²) >= 11 is 0. The van der Waals surface area contributed by atoms with Gasteiger partial charge in [0.2, 0.25) is 0 Å². The average molecular weight is 269 g/mol. The molecule has 3 heterocycles. The zero-order valence-corrected chi connectivity index (χ0v) is 10.7. The molecule has 2 aliphatic rings. The van der Waals surface area contributed by atoms with Gasteiger partial charge in [-0.2, -0.15) is 0 Å². The first-order chi connectivity index (χ1) is 9.14. The van der Waals surface area contributed by atoms with Gasteiger partial charge < -0.3 is 9.64 Å². The minimum atomic E-state index is -2.52. The number of alkyl halides is 2. The monoisotopic (exact) mass is 269 g/mol. The molecule has 0 bridgehead atoms. The number of halogens is 2. The Morgan fingerprint density at radius 3 is 2.74 bits per heavy atom. The van der Waals surface area contributed by atoms with Crippen LogP contribution in [0.5, 0.6) is 0 Å². The van der Waals surface area contributed by atoms with Crippen molar-refractivity contribution in [2.75, 3.05) is 31.2 Å². The average Bonchev–Trinajstić information content (AvgIpc) is 2.93. The zero-order valence-electron chi connectivity index (χ0n) is 10.7. The molecule has 2 aliphatic heterocycles. The summed E-state index contributed by atoms with van der Waals surface area (Å²) in [6, 6.07) is 1.92. The van der Waals surface area contributed by atoms with Crippen LogP contribution in [0.4, 0.5) is 14.6 Å². The van der Waals surface area contributed by atoms with E-state index in [1.807, 2.05) is 11.0 Å². The Kier molecular flexibility index (Phi) is 3.35. The van der Waals surface area contributed by atoms with E-state index < -0.39 is 5.92 Å². The fourth-order valence-corrected chi connectivity index (χ4v) is 2.59. The van der Waals surface area contributed by atoms with Gasteiger partial charge in [0.1, 0.15) is 12.1 Å². The van der Waals surface area contributed by atoms with Crippen LogP contribution in [-0.4, -0.2) is 42.2 Å². The molecule has 0 spiro atoms. The minimum absolute atomic E-state index is 0.0983. The van der Waals surface area contributed by atoms with Gasteiger partial charge in [-0.3, -0.25) is 0 Å². The molecule has 1 atom stereocenters. The number of hydrogen-bond donors (Lipinski definition) is 0. The van der Waals surface area contributed by atoms with E-state index in [-0.39, 0.29) is 12.8 Å². The van der Waals surface area contributed by atoms with Crippen LogP contribution < -0.4 is 4.90 Å². The van der Waals surface area contributed by atoms with Crippen LogP contribution in [0.3, 0.4) is 0 Å². The number of nitrogens with zero attached hydrogens (tertiary/aromatic N) is 3. The van der Waals surface area contributed by atoms with Crippen molar-refractivity contribution in [2.24, 2.45) is 0 Å². The minimum Gasteiger partial charge on any atom is -0.381 e. The zero-order chi connectivity index (χ0) is 13.3. The number of anilines is 1. The van der Waals surface area contributed by atoms with Crippen molar-refractivity contribution in [3.05, 3.63) is 18.1 Å². The molecule has 6 heteroatoms. The molecule has 0 amide bonds. The van der Waals surface area contributed by atoms with Gasteiger partial charge in [0, 0.05) is 44.5 Å². The third kappa shape index (κ3) is 2.83. The van der Waals surface area contributed by atoms with Gasteiger partial charge in [-0.25, -0.2) is 18.7 Å². The number of aromatic nitrogens is 2. The molecule has 3 rings (SSSR count). The maximum atomic E-state index is 13.1.